The maximum absolute atomic E-state index is 3.45. The van der Waals surface area contributed by atoms with E-state index in [0.717, 1.165) is 71.1 Å². The first-order chi connectivity index (χ1) is 24.3. The van der Waals surface area contributed by atoms with Crippen molar-refractivity contribution < 1.29 is 0 Å². The molecule has 3 aromatic heterocycles. The lowest BCUT2D eigenvalue weighted by atomic mass is 10.1. The molecule has 50 heavy (non-hydrogen) atoms. The van der Waals surface area contributed by atoms with Crippen LogP contribution < -0.4 is 0 Å². The van der Waals surface area contributed by atoms with E-state index >= 15 is 0 Å². The number of aromatic nitrogens is 3. The Morgan fingerprint density at radius 2 is 1.28 bits per heavy atom. The number of benzene rings is 3. The number of H-pyrrole nitrogens is 1. The van der Waals surface area contributed by atoms with Crippen LogP contribution in [-0.4, -0.2) is 87.7 Å². The number of nitrogens with zero attached hydrogens (tertiary/aromatic N) is 5. The molecule has 6 aromatic rings. The standard InChI is InChI=1S/C44H58N6/c1-33(2)48(25-22-35-28-45-42-15-9-6-12-39(35)42)26-27-49-31-36(40-13-7-10-16-43(40)49)20-23-46(4)29-34(3)30-50-32-37(21-24-47(5)38-18-19-38)41-14-8-11-17-44(41)50/h6-17,28,31-34,38,45H,18-27,29-30H2,1-5H3. The van der Waals surface area contributed by atoms with Crippen LogP contribution >= 0.6 is 0 Å². The van der Waals surface area contributed by atoms with E-state index in [1.807, 2.05) is 0 Å². The SMILES string of the molecule is CC(CN(C)CCc1cn(CCN(CCc2c[nH]c3ccccc23)C(C)C)c2ccccc12)Cn1cc(CCN(C)C2CC2)c2ccccc21. The van der Waals surface area contributed by atoms with E-state index in [4.69, 9.17) is 0 Å². The van der Waals surface area contributed by atoms with Gasteiger partial charge in [-0.25, -0.2) is 0 Å². The molecule has 1 aliphatic rings. The van der Waals surface area contributed by atoms with E-state index in [1.54, 1.807) is 0 Å². The Hall–Kier alpha value is -3.84. The predicted octanol–water partition coefficient (Wildman–Crippen LogP) is 8.48. The largest absolute Gasteiger partial charge is 0.361 e. The van der Waals surface area contributed by atoms with Gasteiger partial charge in [0.15, 0.2) is 0 Å². The van der Waals surface area contributed by atoms with Gasteiger partial charge >= 0.3 is 0 Å². The summed E-state index contributed by atoms with van der Waals surface area (Å²) in [6.07, 6.45) is 13.1. The number of para-hydroxylation sites is 3. The summed E-state index contributed by atoms with van der Waals surface area (Å²) in [6.45, 7) is 14.5. The Labute approximate surface area is 299 Å². The summed E-state index contributed by atoms with van der Waals surface area (Å²) in [5.41, 5.74) is 8.35. The van der Waals surface area contributed by atoms with Crippen LogP contribution in [0.1, 0.15) is 50.3 Å². The molecule has 1 atom stereocenters. The normalized spacial score (nSPS) is 14.5. The van der Waals surface area contributed by atoms with Gasteiger partial charge < -0.3 is 23.9 Å². The molecule has 1 N–H and O–H groups in total. The number of fused-ring (bicyclic) bond motifs is 3. The number of hydrogen-bond donors (Lipinski definition) is 1. The van der Waals surface area contributed by atoms with Crippen molar-refractivity contribution in [2.24, 2.45) is 5.92 Å². The summed E-state index contributed by atoms with van der Waals surface area (Å²) in [7, 11) is 4.60. The molecule has 6 nitrogen and oxygen atoms in total. The summed E-state index contributed by atoms with van der Waals surface area (Å²) in [4.78, 5) is 11.2. The van der Waals surface area contributed by atoms with Crippen molar-refractivity contribution in [3.05, 3.63) is 108 Å². The van der Waals surface area contributed by atoms with Gasteiger partial charge in [0.05, 0.1) is 0 Å². The molecule has 1 aliphatic carbocycles. The minimum Gasteiger partial charge on any atom is -0.361 e. The van der Waals surface area contributed by atoms with Gasteiger partial charge in [-0.3, -0.25) is 4.90 Å². The van der Waals surface area contributed by atoms with Crippen LogP contribution in [0.2, 0.25) is 0 Å². The Bertz CT molecular complexity index is 1990. The van der Waals surface area contributed by atoms with E-state index in [2.05, 4.69) is 155 Å². The van der Waals surface area contributed by atoms with Gasteiger partial charge in [0, 0.05) is 109 Å². The fraction of sp³-hybridized carbons (Fsp3) is 0.455. The molecule has 0 spiro atoms. The monoisotopic (exact) mass is 670 g/mol. The van der Waals surface area contributed by atoms with Crippen molar-refractivity contribution in [2.75, 3.05) is 46.8 Å². The van der Waals surface area contributed by atoms with Crippen molar-refractivity contribution >= 4 is 32.7 Å². The molecule has 0 saturated heterocycles. The van der Waals surface area contributed by atoms with Crippen molar-refractivity contribution in [3.63, 3.8) is 0 Å². The average Bonchev–Trinajstić information content (AvgIpc) is 3.69. The first-order valence-corrected chi connectivity index (χ1v) is 19.2. The molecule has 7 rings (SSSR count). The van der Waals surface area contributed by atoms with Crippen LogP contribution in [0, 0.1) is 5.92 Å². The van der Waals surface area contributed by atoms with Gasteiger partial charge in [0.25, 0.3) is 0 Å². The van der Waals surface area contributed by atoms with E-state index in [9.17, 15) is 0 Å². The summed E-state index contributed by atoms with van der Waals surface area (Å²) in [5.74, 6) is 0.561. The van der Waals surface area contributed by atoms with Gasteiger partial charge in [-0.15, -0.1) is 0 Å². The highest BCUT2D eigenvalue weighted by Crippen LogP contribution is 2.28. The Morgan fingerprint density at radius 1 is 0.680 bits per heavy atom. The predicted molar refractivity (Wildman–Crippen MR) is 212 cm³/mol. The smallest absolute Gasteiger partial charge is 0.0483 e. The van der Waals surface area contributed by atoms with Crippen LogP contribution in [0.4, 0.5) is 0 Å². The molecule has 1 unspecified atom stereocenters. The number of aromatic amines is 1. The fourth-order valence-electron chi connectivity index (χ4n) is 8.17. The fourth-order valence-corrected chi connectivity index (χ4v) is 8.17. The van der Waals surface area contributed by atoms with Gasteiger partial charge in [0.2, 0.25) is 0 Å². The zero-order valence-electron chi connectivity index (χ0n) is 31.1. The number of hydrogen-bond acceptors (Lipinski definition) is 3. The minimum absolute atomic E-state index is 0.502. The van der Waals surface area contributed by atoms with E-state index in [1.165, 1.54) is 62.2 Å². The molecule has 0 aliphatic heterocycles. The quantitative estimate of drug-likeness (QED) is 0.0997. The highest BCUT2D eigenvalue weighted by molar-refractivity contribution is 5.85. The molecular weight excluding hydrogens is 613 g/mol. The summed E-state index contributed by atoms with van der Waals surface area (Å²) in [6, 6.07) is 28.0. The summed E-state index contributed by atoms with van der Waals surface area (Å²) >= 11 is 0. The van der Waals surface area contributed by atoms with E-state index in [-0.39, 0.29) is 0 Å². The lowest BCUT2D eigenvalue weighted by Crippen LogP contribution is -2.35. The van der Waals surface area contributed by atoms with Crippen molar-refractivity contribution in [3.8, 4) is 0 Å². The molecule has 0 radical (unpaired) electrons. The Morgan fingerprint density at radius 3 is 1.98 bits per heavy atom. The second-order valence-corrected chi connectivity index (χ2v) is 15.5. The van der Waals surface area contributed by atoms with Gasteiger partial charge in [-0.2, -0.15) is 0 Å². The highest BCUT2D eigenvalue weighted by Gasteiger charge is 2.26. The molecule has 1 saturated carbocycles. The molecule has 0 amide bonds. The summed E-state index contributed by atoms with van der Waals surface area (Å²) in [5, 5.41) is 4.19. The first-order valence-electron chi connectivity index (χ1n) is 19.2. The van der Waals surface area contributed by atoms with Crippen molar-refractivity contribution in [1.82, 2.24) is 28.8 Å². The van der Waals surface area contributed by atoms with E-state index < -0.39 is 0 Å². The third-order valence-corrected chi connectivity index (χ3v) is 11.2. The minimum atomic E-state index is 0.502. The first kappa shape index (κ1) is 34.6. The van der Waals surface area contributed by atoms with Crippen molar-refractivity contribution in [2.45, 2.75) is 78.0 Å². The number of nitrogens with one attached hydrogen (secondary N) is 1. The zero-order valence-corrected chi connectivity index (χ0v) is 31.1. The molecule has 264 valence electrons. The number of likely N-dealkylation sites (N-methyl/N-ethyl adjacent to an activating group) is 2. The molecule has 6 heteroatoms. The van der Waals surface area contributed by atoms with Crippen LogP contribution in [0.3, 0.4) is 0 Å². The summed E-state index contributed by atoms with van der Waals surface area (Å²) < 4.78 is 5.03. The Kier molecular flexibility index (Phi) is 10.8. The van der Waals surface area contributed by atoms with Crippen LogP contribution in [0.25, 0.3) is 32.7 Å². The molecular formula is C44H58N6. The second-order valence-electron chi connectivity index (χ2n) is 15.5. The average molecular weight is 671 g/mol. The molecule has 3 aromatic carbocycles. The molecule has 1 fully saturated rings. The topological polar surface area (TPSA) is 35.4 Å². The van der Waals surface area contributed by atoms with Crippen LogP contribution in [0.15, 0.2) is 91.4 Å². The Balaban J connectivity index is 0.944. The second kappa shape index (κ2) is 15.6. The highest BCUT2D eigenvalue weighted by atomic mass is 15.2. The third-order valence-electron chi connectivity index (χ3n) is 11.2. The lowest BCUT2D eigenvalue weighted by Gasteiger charge is -2.26. The lowest BCUT2D eigenvalue weighted by molar-refractivity contribution is 0.217. The molecule has 3 heterocycles. The van der Waals surface area contributed by atoms with Gasteiger partial charge in [0.1, 0.15) is 0 Å². The maximum atomic E-state index is 3.45. The van der Waals surface area contributed by atoms with E-state index in [0.29, 0.717) is 12.0 Å². The van der Waals surface area contributed by atoms with Crippen LogP contribution in [0.5, 0.6) is 0 Å². The van der Waals surface area contributed by atoms with Crippen LogP contribution in [-0.2, 0) is 32.4 Å². The van der Waals surface area contributed by atoms with Gasteiger partial charge in [-0.1, -0.05) is 61.5 Å². The van der Waals surface area contributed by atoms with Crippen molar-refractivity contribution in [1.29, 1.82) is 0 Å². The molecule has 0 bridgehead atoms. The third kappa shape index (κ3) is 8.04. The maximum Gasteiger partial charge on any atom is 0.0483 e. The zero-order chi connectivity index (χ0) is 34.6. The number of rotatable bonds is 18. The van der Waals surface area contributed by atoms with Gasteiger partial charge in [-0.05, 0) is 101 Å².